The molecule has 5 nitrogen and oxygen atoms in total. The van der Waals surface area contributed by atoms with Crippen LogP contribution in [0.3, 0.4) is 0 Å². The Morgan fingerprint density at radius 1 is 1.38 bits per heavy atom. The van der Waals surface area contributed by atoms with Crippen molar-refractivity contribution in [3.05, 3.63) is 29.3 Å². The molecule has 2 N–H and O–H groups in total. The molecule has 0 radical (unpaired) electrons. The van der Waals surface area contributed by atoms with E-state index in [1.807, 2.05) is 32.0 Å². The molecule has 1 aromatic rings. The second-order valence-electron chi connectivity index (χ2n) is 5.97. The normalized spacial score (nSPS) is 22.2. The average molecular weight is 290 g/mol. The molecule has 1 aromatic carbocycles. The number of carboxylic acid groups (broad SMARTS) is 1. The summed E-state index contributed by atoms with van der Waals surface area (Å²) < 4.78 is 0. The fourth-order valence-electron chi connectivity index (χ4n) is 2.83. The monoisotopic (exact) mass is 290 g/mol. The summed E-state index contributed by atoms with van der Waals surface area (Å²) in [7, 11) is 0. The summed E-state index contributed by atoms with van der Waals surface area (Å²) in [5, 5.41) is 12.2. The molecule has 2 rings (SSSR count). The van der Waals surface area contributed by atoms with Gasteiger partial charge in [-0.2, -0.15) is 0 Å². The van der Waals surface area contributed by atoms with Gasteiger partial charge in [-0.15, -0.1) is 0 Å². The molecular formula is C16H22N2O3. The molecular weight excluding hydrogens is 268 g/mol. The smallest absolute Gasteiger partial charge is 0.323 e. The minimum absolute atomic E-state index is 0.107. The van der Waals surface area contributed by atoms with Gasteiger partial charge < -0.3 is 10.4 Å². The van der Waals surface area contributed by atoms with E-state index in [0.717, 1.165) is 23.2 Å². The molecule has 0 bridgehead atoms. The molecule has 5 heteroatoms. The number of likely N-dealkylation sites (tertiary alicyclic amines) is 1. The molecule has 0 spiro atoms. The number of benzene rings is 1. The van der Waals surface area contributed by atoms with Crippen LogP contribution in [0.1, 0.15) is 30.9 Å². The first kappa shape index (κ1) is 15.5. The highest BCUT2D eigenvalue weighted by molar-refractivity contribution is 5.93. The molecule has 21 heavy (non-hydrogen) atoms. The first-order valence-corrected chi connectivity index (χ1v) is 7.18. The fraction of sp³-hybridized carbons (Fsp3) is 0.500. The van der Waals surface area contributed by atoms with Crippen molar-refractivity contribution in [2.45, 2.75) is 39.2 Å². The summed E-state index contributed by atoms with van der Waals surface area (Å²) in [6.45, 7) is 6.38. The molecule has 0 aromatic heterocycles. The highest BCUT2D eigenvalue weighted by atomic mass is 16.4. The predicted octanol–water partition coefficient (Wildman–Crippen LogP) is 2.18. The summed E-state index contributed by atoms with van der Waals surface area (Å²) in [4.78, 5) is 25.3. The van der Waals surface area contributed by atoms with Crippen LogP contribution in [0.4, 0.5) is 5.69 Å². The lowest BCUT2D eigenvalue weighted by molar-refractivity contribution is -0.149. The number of anilines is 1. The molecule has 1 saturated heterocycles. The number of amides is 1. The van der Waals surface area contributed by atoms with E-state index < -0.39 is 11.5 Å². The number of hydrogen-bond acceptors (Lipinski definition) is 3. The Hall–Kier alpha value is -1.88. The molecule has 0 saturated carbocycles. The van der Waals surface area contributed by atoms with E-state index in [2.05, 4.69) is 5.32 Å². The first-order valence-electron chi connectivity index (χ1n) is 7.18. The predicted molar refractivity (Wildman–Crippen MR) is 81.4 cm³/mol. The van der Waals surface area contributed by atoms with E-state index in [4.69, 9.17) is 0 Å². The van der Waals surface area contributed by atoms with Gasteiger partial charge in [0.05, 0.1) is 6.54 Å². The van der Waals surface area contributed by atoms with Crippen LogP contribution >= 0.6 is 0 Å². The van der Waals surface area contributed by atoms with Gasteiger partial charge in [-0.1, -0.05) is 17.7 Å². The maximum absolute atomic E-state index is 12.2. The fourth-order valence-corrected chi connectivity index (χ4v) is 2.83. The van der Waals surface area contributed by atoms with Gasteiger partial charge in [0, 0.05) is 5.69 Å². The van der Waals surface area contributed by atoms with Crippen molar-refractivity contribution in [3.8, 4) is 0 Å². The highest BCUT2D eigenvalue weighted by Crippen LogP contribution is 2.29. The van der Waals surface area contributed by atoms with Crippen molar-refractivity contribution in [3.63, 3.8) is 0 Å². The van der Waals surface area contributed by atoms with E-state index in [0.29, 0.717) is 13.0 Å². The van der Waals surface area contributed by atoms with E-state index >= 15 is 0 Å². The lowest BCUT2D eigenvalue weighted by Gasteiger charge is -2.30. The zero-order valence-electron chi connectivity index (χ0n) is 12.8. The lowest BCUT2D eigenvalue weighted by atomic mass is 9.99. The maximum atomic E-state index is 12.2. The minimum Gasteiger partial charge on any atom is -0.480 e. The SMILES string of the molecule is Cc1ccc(NC(=O)CN2CCCC2(C)C(=O)O)c(C)c1. The quantitative estimate of drug-likeness (QED) is 0.891. The van der Waals surface area contributed by atoms with Gasteiger partial charge in [0.25, 0.3) is 0 Å². The largest absolute Gasteiger partial charge is 0.480 e. The maximum Gasteiger partial charge on any atom is 0.323 e. The van der Waals surface area contributed by atoms with Crippen molar-refractivity contribution in [1.82, 2.24) is 4.90 Å². The van der Waals surface area contributed by atoms with E-state index in [9.17, 15) is 14.7 Å². The third kappa shape index (κ3) is 3.24. The summed E-state index contributed by atoms with van der Waals surface area (Å²) in [5.41, 5.74) is 2.00. The van der Waals surface area contributed by atoms with Gasteiger partial charge >= 0.3 is 5.97 Å². The Bertz CT molecular complexity index is 571. The number of carboxylic acids is 1. The number of rotatable bonds is 4. The van der Waals surface area contributed by atoms with Gasteiger partial charge in [-0.25, -0.2) is 0 Å². The van der Waals surface area contributed by atoms with Crippen molar-refractivity contribution < 1.29 is 14.7 Å². The van der Waals surface area contributed by atoms with E-state index in [-0.39, 0.29) is 12.5 Å². The van der Waals surface area contributed by atoms with Gasteiger partial charge in [-0.05, 0) is 51.8 Å². The first-order chi connectivity index (χ1) is 9.83. The highest BCUT2D eigenvalue weighted by Gasteiger charge is 2.43. The Balaban J connectivity index is 2.03. The number of carbonyl (C=O) groups is 2. The van der Waals surface area contributed by atoms with E-state index in [1.165, 1.54) is 0 Å². The van der Waals surface area contributed by atoms with Gasteiger partial charge in [0.2, 0.25) is 5.91 Å². The summed E-state index contributed by atoms with van der Waals surface area (Å²) in [5.74, 6) is -1.03. The average Bonchev–Trinajstić information content (AvgIpc) is 2.76. The second kappa shape index (κ2) is 5.85. The van der Waals surface area contributed by atoms with Crippen LogP contribution in [-0.2, 0) is 9.59 Å². The Morgan fingerprint density at radius 3 is 2.71 bits per heavy atom. The van der Waals surface area contributed by atoms with Crippen LogP contribution in [0.5, 0.6) is 0 Å². The lowest BCUT2D eigenvalue weighted by Crippen LogP contribution is -2.50. The number of aliphatic carboxylic acids is 1. The van der Waals surface area contributed by atoms with Crippen LogP contribution < -0.4 is 5.32 Å². The minimum atomic E-state index is -0.931. The number of hydrogen-bond donors (Lipinski definition) is 2. The molecule has 0 aliphatic carbocycles. The Kier molecular flexibility index (Phi) is 4.32. The molecule has 1 heterocycles. The molecule has 1 aliphatic heterocycles. The zero-order valence-corrected chi connectivity index (χ0v) is 12.8. The summed E-state index contributed by atoms with van der Waals surface area (Å²) in [6.07, 6.45) is 1.39. The number of nitrogens with zero attached hydrogens (tertiary/aromatic N) is 1. The molecule has 1 fully saturated rings. The third-order valence-electron chi connectivity index (χ3n) is 4.24. The van der Waals surface area contributed by atoms with Gasteiger partial charge in [-0.3, -0.25) is 14.5 Å². The number of nitrogens with one attached hydrogen (secondary N) is 1. The van der Waals surface area contributed by atoms with Crippen LogP contribution in [0.2, 0.25) is 0 Å². The van der Waals surface area contributed by atoms with Crippen molar-refractivity contribution in [2.75, 3.05) is 18.4 Å². The Morgan fingerprint density at radius 2 is 2.10 bits per heavy atom. The second-order valence-corrected chi connectivity index (χ2v) is 5.97. The van der Waals surface area contributed by atoms with Crippen LogP contribution in [0.15, 0.2) is 18.2 Å². The molecule has 1 amide bonds. The third-order valence-corrected chi connectivity index (χ3v) is 4.24. The summed E-state index contributed by atoms with van der Waals surface area (Å²) >= 11 is 0. The standard InChI is InChI=1S/C16H22N2O3/c1-11-5-6-13(12(2)9-11)17-14(19)10-18-8-4-7-16(18,3)15(20)21/h5-6,9H,4,7-8,10H2,1-3H3,(H,17,19)(H,20,21). The number of carbonyl (C=O) groups excluding carboxylic acids is 1. The van der Waals surface area contributed by atoms with E-state index in [1.54, 1.807) is 11.8 Å². The van der Waals surface area contributed by atoms with Crippen molar-refractivity contribution in [1.29, 1.82) is 0 Å². The topological polar surface area (TPSA) is 69.6 Å². The van der Waals surface area contributed by atoms with Crippen molar-refractivity contribution >= 4 is 17.6 Å². The molecule has 1 atom stereocenters. The zero-order chi connectivity index (χ0) is 15.6. The molecule has 1 aliphatic rings. The van der Waals surface area contributed by atoms with Crippen LogP contribution in [0, 0.1) is 13.8 Å². The van der Waals surface area contributed by atoms with Crippen LogP contribution in [0.25, 0.3) is 0 Å². The summed E-state index contributed by atoms with van der Waals surface area (Å²) in [6, 6.07) is 5.83. The molecule has 1 unspecified atom stereocenters. The van der Waals surface area contributed by atoms with Crippen molar-refractivity contribution in [2.24, 2.45) is 0 Å². The van der Waals surface area contributed by atoms with Gasteiger partial charge in [0.15, 0.2) is 0 Å². The van der Waals surface area contributed by atoms with Gasteiger partial charge in [0.1, 0.15) is 5.54 Å². The molecule has 114 valence electrons. The number of aryl methyl sites for hydroxylation is 2. The Labute approximate surface area is 125 Å². The van der Waals surface area contributed by atoms with Crippen LogP contribution in [-0.4, -0.2) is 40.5 Å².